The van der Waals surface area contributed by atoms with Crippen molar-refractivity contribution in [3.05, 3.63) is 33.4 Å². The van der Waals surface area contributed by atoms with E-state index in [9.17, 15) is 9.59 Å². The van der Waals surface area contributed by atoms with Crippen LogP contribution in [0, 0.1) is 3.57 Å². The third kappa shape index (κ3) is 4.90. The van der Waals surface area contributed by atoms with E-state index in [0.717, 1.165) is 47.8 Å². The van der Waals surface area contributed by atoms with E-state index in [1.54, 1.807) is 6.07 Å². The molecule has 26 heavy (non-hydrogen) atoms. The Morgan fingerprint density at radius 1 is 1.23 bits per heavy atom. The third-order valence-electron chi connectivity index (χ3n) is 4.91. The van der Waals surface area contributed by atoms with Crippen molar-refractivity contribution in [2.45, 2.75) is 12.0 Å². The molecule has 2 saturated heterocycles. The van der Waals surface area contributed by atoms with Gasteiger partial charge in [0.25, 0.3) is 5.91 Å². The largest absolute Gasteiger partial charge is 0.379 e. The zero-order valence-electron chi connectivity index (χ0n) is 14.6. The monoisotopic (exact) mass is 489 g/mol. The summed E-state index contributed by atoms with van der Waals surface area (Å²) in [6.45, 7) is 3.96. The number of rotatable bonds is 6. The molecule has 2 heterocycles. The average Bonchev–Trinajstić information content (AvgIpc) is 3.16. The molecule has 2 aliphatic heterocycles. The highest BCUT2D eigenvalue weighted by Gasteiger charge is 2.40. The maximum absolute atomic E-state index is 12.3. The number of amides is 2. The summed E-state index contributed by atoms with van der Waals surface area (Å²) in [6.07, 6.45) is 1.08. The van der Waals surface area contributed by atoms with Crippen molar-refractivity contribution in [2.24, 2.45) is 0 Å². The van der Waals surface area contributed by atoms with E-state index in [2.05, 4.69) is 38.1 Å². The second-order valence-corrected chi connectivity index (χ2v) is 8.83. The van der Waals surface area contributed by atoms with Crippen molar-refractivity contribution in [3.63, 3.8) is 0 Å². The number of halogens is 1. The highest BCUT2D eigenvalue weighted by atomic mass is 127. The lowest BCUT2D eigenvalue weighted by molar-refractivity contribution is -0.121. The Hall–Kier alpha value is -0.840. The molecule has 1 unspecified atom stereocenters. The minimum Gasteiger partial charge on any atom is -0.379 e. The Bertz CT molecular complexity index is 646. The number of carbonyl (C=O) groups is 2. The number of thioether (sulfide) groups is 1. The standard InChI is InChI=1S/C18H24IN3O3S/c19-15-4-2-1-3-14(15)17(24)20-11-16(23)21-12-18(5-10-26-13-18)22-6-8-25-9-7-22/h1-4H,5-13H2,(H,20,24)(H,21,23). The van der Waals surface area contributed by atoms with Crippen LogP contribution in [0.2, 0.25) is 0 Å². The summed E-state index contributed by atoms with van der Waals surface area (Å²) in [6, 6.07) is 7.34. The molecule has 1 aromatic carbocycles. The van der Waals surface area contributed by atoms with E-state index in [1.165, 1.54) is 0 Å². The summed E-state index contributed by atoms with van der Waals surface area (Å²) in [5, 5.41) is 5.75. The third-order valence-corrected chi connectivity index (χ3v) is 7.08. The molecule has 0 aromatic heterocycles. The van der Waals surface area contributed by atoms with E-state index in [4.69, 9.17) is 4.74 Å². The molecular formula is C18H24IN3O3S. The van der Waals surface area contributed by atoms with Gasteiger partial charge in [-0.3, -0.25) is 14.5 Å². The SMILES string of the molecule is O=C(CNC(=O)c1ccccc1I)NCC1(N2CCOCC2)CCSC1. The minimum atomic E-state index is -0.218. The number of hydrogen-bond acceptors (Lipinski definition) is 5. The topological polar surface area (TPSA) is 70.7 Å². The van der Waals surface area contributed by atoms with Gasteiger partial charge in [0.15, 0.2) is 0 Å². The summed E-state index contributed by atoms with van der Waals surface area (Å²) in [7, 11) is 0. The first-order valence-electron chi connectivity index (χ1n) is 8.81. The van der Waals surface area contributed by atoms with Crippen LogP contribution in [0.3, 0.4) is 0 Å². The highest BCUT2D eigenvalue weighted by molar-refractivity contribution is 14.1. The lowest BCUT2D eigenvalue weighted by Crippen LogP contribution is -2.59. The van der Waals surface area contributed by atoms with Gasteiger partial charge in [0.2, 0.25) is 5.91 Å². The molecule has 6 nitrogen and oxygen atoms in total. The second-order valence-electron chi connectivity index (χ2n) is 6.57. The number of nitrogens with zero attached hydrogens (tertiary/aromatic N) is 1. The Morgan fingerprint density at radius 3 is 2.69 bits per heavy atom. The van der Waals surface area contributed by atoms with Crippen LogP contribution < -0.4 is 10.6 Å². The molecule has 3 rings (SSSR count). The quantitative estimate of drug-likeness (QED) is 0.591. The summed E-state index contributed by atoms with van der Waals surface area (Å²) in [5.74, 6) is 1.79. The van der Waals surface area contributed by atoms with Crippen molar-refractivity contribution in [1.82, 2.24) is 15.5 Å². The summed E-state index contributed by atoms with van der Waals surface area (Å²) in [5.41, 5.74) is 0.612. The number of hydrogen-bond donors (Lipinski definition) is 2. The van der Waals surface area contributed by atoms with Gasteiger partial charge >= 0.3 is 0 Å². The molecule has 142 valence electrons. The van der Waals surface area contributed by atoms with Crippen molar-refractivity contribution < 1.29 is 14.3 Å². The van der Waals surface area contributed by atoms with E-state index in [-0.39, 0.29) is 23.9 Å². The second kappa shape index (κ2) is 9.38. The Morgan fingerprint density at radius 2 is 2.00 bits per heavy atom. The van der Waals surface area contributed by atoms with Crippen LogP contribution in [0.15, 0.2) is 24.3 Å². The fraction of sp³-hybridized carbons (Fsp3) is 0.556. The Kier molecular flexibility index (Phi) is 7.19. The highest BCUT2D eigenvalue weighted by Crippen LogP contribution is 2.33. The molecule has 0 aliphatic carbocycles. The smallest absolute Gasteiger partial charge is 0.252 e. The zero-order chi connectivity index (χ0) is 18.4. The predicted octanol–water partition coefficient (Wildman–Crippen LogP) is 1.35. The van der Waals surface area contributed by atoms with Crippen LogP contribution in [-0.2, 0) is 9.53 Å². The molecule has 0 radical (unpaired) electrons. The Balaban J connectivity index is 1.49. The van der Waals surface area contributed by atoms with Gasteiger partial charge in [0.1, 0.15) is 0 Å². The average molecular weight is 489 g/mol. The van der Waals surface area contributed by atoms with Crippen molar-refractivity contribution in [3.8, 4) is 0 Å². The predicted molar refractivity (Wildman–Crippen MR) is 112 cm³/mol. The van der Waals surface area contributed by atoms with Gasteiger partial charge in [-0.15, -0.1) is 0 Å². The maximum Gasteiger partial charge on any atom is 0.252 e. The van der Waals surface area contributed by atoms with Crippen LogP contribution in [-0.4, -0.2) is 73.2 Å². The van der Waals surface area contributed by atoms with Crippen molar-refractivity contribution in [1.29, 1.82) is 0 Å². The molecule has 2 fully saturated rings. The van der Waals surface area contributed by atoms with Gasteiger partial charge in [0, 0.05) is 34.5 Å². The number of nitrogens with one attached hydrogen (secondary N) is 2. The maximum atomic E-state index is 12.3. The molecule has 1 aromatic rings. The first-order valence-corrected chi connectivity index (χ1v) is 11.0. The number of benzene rings is 1. The van der Waals surface area contributed by atoms with Gasteiger partial charge in [-0.25, -0.2) is 0 Å². The van der Waals surface area contributed by atoms with Crippen LogP contribution >= 0.6 is 34.4 Å². The lowest BCUT2D eigenvalue weighted by atomic mass is 9.95. The molecule has 2 N–H and O–H groups in total. The van der Waals surface area contributed by atoms with Crippen molar-refractivity contribution in [2.75, 3.05) is 50.9 Å². The number of ether oxygens (including phenoxy) is 1. The van der Waals surface area contributed by atoms with E-state index >= 15 is 0 Å². The summed E-state index contributed by atoms with van der Waals surface area (Å²) < 4.78 is 6.34. The minimum absolute atomic E-state index is 0.00383. The van der Waals surface area contributed by atoms with Crippen LogP contribution in [0.5, 0.6) is 0 Å². The molecule has 0 spiro atoms. The molecule has 0 saturated carbocycles. The molecule has 1 atom stereocenters. The van der Waals surface area contributed by atoms with Gasteiger partial charge in [-0.05, 0) is 46.9 Å². The lowest BCUT2D eigenvalue weighted by Gasteiger charge is -2.43. The molecule has 2 amide bonds. The number of carbonyl (C=O) groups excluding carboxylic acids is 2. The van der Waals surface area contributed by atoms with E-state index < -0.39 is 0 Å². The number of morpholine rings is 1. The molecule has 2 aliphatic rings. The summed E-state index contributed by atoms with van der Waals surface area (Å²) >= 11 is 4.06. The molecule has 8 heteroatoms. The van der Waals surface area contributed by atoms with Crippen LogP contribution in [0.4, 0.5) is 0 Å². The van der Waals surface area contributed by atoms with Gasteiger partial charge in [0.05, 0.1) is 25.3 Å². The molecular weight excluding hydrogens is 465 g/mol. The summed E-state index contributed by atoms with van der Waals surface area (Å²) in [4.78, 5) is 26.9. The van der Waals surface area contributed by atoms with Crippen LogP contribution in [0.25, 0.3) is 0 Å². The fourth-order valence-electron chi connectivity index (χ4n) is 3.36. The van der Waals surface area contributed by atoms with Crippen molar-refractivity contribution >= 4 is 46.2 Å². The van der Waals surface area contributed by atoms with E-state index in [0.29, 0.717) is 12.1 Å². The zero-order valence-corrected chi connectivity index (χ0v) is 17.6. The van der Waals surface area contributed by atoms with Gasteiger partial charge in [-0.1, -0.05) is 12.1 Å². The van der Waals surface area contributed by atoms with E-state index in [1.807, 2.05) is 30.0 Å². The van der Waals surface area contributed by atoms with Gasteiger partial charge < -0.3 is 15.4 Å². The first-order chi connectivity index (χ1) is 12.6. The Labute approximate surface area is 171 Å². The van der Waals surface area contributed by atoms with Crippen LogP contribution in [0.1, 0.15) is 16.8 Å². The normalized spacial score (nSPS) is 23.6. The fourth-order valence-corrected chi connectivity index (χ4v) is 5.47. The first kappa shape index (κ1) is 19.9. The van der Waals surface area contributed by atoms with Gasteiger partial charge in [-0.2, -0.15) is 11.8 Å². The molecule has 0 bridgehead atoms.